The number of imidazole rings is 1. The summed E-state index contributed by atoms with van der Waals surface area (Å²) in [5.41, 5.74) is -0.373. The first-order valence-electron chi connectivity index (χ1n) is 9.62. The maximum atomic E-state index is 12.6. The van der Waals surface area contributed by atoms with Crippen molar-refractivity contribution in [1.29, 1.82) is 0 Å². The summed E-state index contributed by atoms with van der Waals surface area (Å²) in [7, 11) is 2.98. The molecule has 0 spiro atoms. The summed E-state index contributed by atoms with van der Waals surface area (Å²) in [4.78, 5) is 45.0. The number of aromatic nitrogens is 4. The standard InChI is InChI=1S/C19H24N6O3S/c1-22-17-16(18(27)23(2)19(22)28)25(12-21-17)11-15(26)20-10-13(14-6-5-9-29-14)24-7-3-4-8-24/h5-6,9,12-13H,3-4,7-8,10-11H2,1-2H3,(H,20,26). The lowest BCUT2D eigenvalue weighted by Crippen LogP contribution is -2.39. The molecule has 10 heteroatoms. The lowest BCUT2D eigenvalue weighted by atomic mass is 10.2. The molecule has 4 heterocycles. The molecule has 1 unspecified atom stereocenters. The summed E-state index contributed by atoms with van der Waals surface area (Å²) in [6.45, 7) is 2.56. The molecule has 1 N–H and O–H groups in total. The number of thiophene rings is 1. The molecule has 1 atom stereocenters. The number of likely N-dealkylation sites (tertiary alicyclic amines) is 1. The van der Waals surface area contributed by atoms with Crippen LogP contribution in [0.4, 0.5) is 0 Å². The first-order valence-corrected chi connectivity index (χ1v) is 10.5. The predicted molar refractivity (Wildman–Crippen MR) is 111 cm³/mol. The van der Waals surface area contributed by atoms with Crippen molar-refractivity contribution in [3.63, 3.8) is 0 Å². The highest BCUT2D eigenvalue weighted by molar-refractivity contribution is 7.10. The van der Waals surface area contributed by atoms with Crippen LogP contribution in [0.3, 0.4) is 0 Å². The van der Waals surface area contributed by atoms with E-state index in [9.17, 15) is 14.4 Å². The average Bonchev–Trinajstić information content (AvgIpc) is 3.47. The molecule has 29 heavy (non-hydrogen) atoms. The number of hydrogen-bond acceptors (Lipinski definition) is 6. The van der Waals surface area contributed by atoms with E-state index < -0.39 is 11.2 Å². The maximum absolute atomic E-state index is 12.6. The van der Waals surface area contributed by atoms with E-state index in [0.29, 0.717) is 6.54 Å². The van der Waals surface area contributed by atoms with E-state index in [1.165, 1.54) is 40.2 Å². The third kappa shape index (κ3) is 3.65. The fraction of sp³-hybridized carbons (Fsp3) is 0.474. The average molecular weight is 417 g/mol. The van der Waals surface area contributed by atoms with Crippen molar-refractivity contribution in [2.45, 2.75) is 25.4 Å². The van der Waals surface area contributed by atoms with Gasteiger partial charge in [0.05, 0.1) is 12.4 Å². The summed E-state index contributed by atoms with van der Waals surface area (Å²) < 4.78 is 3.84. The van der Waals surface area contributed by atoms with Crippen LogP contribution in [-0.4, -0.2) is 49.1 Å². The van der Waals surface area contributed by atoms with Gasteiger partial charge in [0.25, 0.3) is 5.56 Å². The second-order valence-corrected chi connectivity index (χ2v) is 8.31. The van der Waals surface area contributed by atoms with Gasteiger partial charge < -0.3 is 9.88 Å². The molecule has 0 saturated carbocycles. The van der Waals surface area contributed by atoms with Crippen LogP contribution in [0.25, 0.3) is 11.2 Å². The summed E-state index contributed by atoms with van der Waals surface area (Å²) in [5, 5.41) is 5.06. The fourth-order valence-corrected chi connectivity index (χ4v) is 4.74. The van der Waals surface area contributed by atoms with Gasteiger partial charge in [-0.3, -0.25) is 23.6 Å². The summed E-state index contributed by atoms with van der Waals surface area (Å²) in [6, 6.07) is 4.30. The molecule has 9 nitrogen and oxygen atoms in total. The molecular weight excluding hydrogens is 392 g/mol. The Morgan fingerprint density at radius 2 is 2.00 bits per heavy atom. The van der Waals surface area contributed by atoms with Gasteiger partial charge in [-0.1, -0.05) is 6.07 Å². The van der Waals surface area contributed by atoms with E-state index in [4.69, 9.17) is 0 Å². The van der Waals surface area contributed by atoms with Crippen molar-refractivity contribution >= 4 is 28.4 Å². The van der Waals surface area contributed by atoms with Gasteiger partial charge in [-0.25, -0.2) is 9.78 Å². The number of carbonyl (C=O) groups is 1. The van der Waals surface area contributed by atoms with Crippen LogP contribution < -0.4 is 16.6 Å². The lowest BCUT2D eigenvalue weighted by Gasteiger charge is -2.27. The van der Waals surface area contributed by atoms with Crippen LogP contribution in [-0.2, 0) is 25.4 Å². The zero-order valence-electron chi connectivity index (χ0n) is 16.5. The van der Waals surface area contributed by atoms with Gasteiger partial charge in [-0.15, -0.1) is 11.3 Å². The summed E-state index contributed by atoms with van der Waals surface area (Å²) in [5.74, 6) is -0.194. The molecule has 154 valence electrons. The highest BCUT2D eigenvalue weighted by atomic mass is 32.1. The Morgan fingerprint density at radius 1 is 1.24 bits per heavy atom. The van der Waals surface area contributed by atoms with Crippen molar-refractivity contribution in [3.8, 4) is 0 Å². The molecule has 0 radical (unpaired) electrons. The van der Waals surface area contributed by atoms with Gasteiger partial charge in [0.1, 0.15) is 6.54 Å². The highest BCUT2D eigenvalue weighted by Crippen LogP contribution is 2.27. The van der Waals surface area contributed by atoms with Gasteiger partial charge in [0.15, 0.2) is 11.2 Å². The molecule has 1 amide bonds. The lowest BCUT2D eigenvalue weighted by molar-refractivity contribution is -0.121. The third-order valence-corrected chi connectivity index (χ3v) is 6.45. The van der Waals surface area contributed by atoms with E-state index in [-0.39, 0.29) is 29.7 Å². The quantitative estimate of drug-likeness (QED) is 0.630. The van der Waals surface area contributed by atoms with Crippen LogP contribution in [0.2, 0.25) is 0 Å². The number of carbonyl (C=O) groups excluding carboxylic acids is 1. The molecule has 3 aromatic heterocycles. The SMILES string of the molecule is Cn1c(=O)c2c(ncn2CC(=O)NCC(c2cccs2)N2CCCC2)n(C)c1=O. The van der Waals surface area contributed by atoms with Crippen LogP contribution in [0.1, 0.15) is 23.8 Å². The monoisotopic (exact) mass is 416 g/mol. The third-order valence-electron chi connectivity index (χ3n) is 5.48. The van der Waals surface area contributed by atoms with E-state index in [1.807, 2.05) is 6.07 Å². The van der Waals surface area contributed by atoms with Crippen molar-refractivity contribution < 1.29 is 4.79 Å². The Kier molecular flexibility index (Phi) is 5.37. The van der Waals surface area contributed by atoms with Crippen LogP contribution in [0, 0.1) is 0 Å². The molecule has 1 saturated heterocycles. The van der Waals surface area contributed by atoms with Crippen molar-refractivity contribution in [1.82, 2.24) is 28.9 Å². The van der Waals surface area contributed by atoms with Gasteiger partial charge in [-0.05, 0) is 37.4 Å². The Balaban J connectivity index is 1.51. The first kappa shape index (κ1) is 19.6. The highest BCUT2D eigenvalue weighted by Gasteiger charge is 2.25. The number of fused-ring (bicyclic) bond motifs is 1. The van der Waals surface area contributed by atoms with Crippen LogP contribution in [0.15, 0.2) is 33.4 Å². The Morgan fingerprint density at radius 3 is 2.69 bits per heavy atom. The second-order valence-electron chi connectivity index (χ2n) is 7.33. The molecule has 0 aliphatic carbocycles. The Bertz CT molecular complexity index is 1140. The van der Waals surface area contributed by atoms with Gasteiger partial charge in [0, 0.05) is 25.5 Å². The molecule has 3 aromatic rings. The number of hydrogen-bond donors (Lipinski definition) is 1. The smallest absolute Gasteiger partial charge is 0.332 e. The molecule has 0 bridgehead atoms. The first-order chi connectivity index (χ1) is 14.0. The van der Waals surface area contributed by atoms with Crippen molar-refractivity contribution in [3.05, 3.63) is 49.6 Å². The topological polar surface area (TPSA) is 94.2 Å². The second kappa shape index (κ2) is 7.96. The van der Waals surface area contributed by atoms with Gasteiger partial charge in [0.2, 0.25) is 5.91 Å². The molecule has 4 rings (SSSR count). The molecule has 0 aromatic carbocycles. The Labute approximate surface area is 171 Å². The number of aryl methyl sites for hydroxylation is 1. The van der Waals surface area contributed by atoms with E-state index in [0.717, 1.165) is 17.7 Å². The number of rotatable bonds is 6. The maximum Gasteiger partial charge on any atom is 0.332 e. The number of amides is 1. The zero-order valence-corrected chi connectivity index (χ0v) is 17.3. The predicted octanol–water partition coefficient (Wildman–Crippen LogP) is 0.449. The molecule has 1 fully saturated rings. The molecule has 1 aliphatic heterocycles. The van der Waals surface area contributed by atoms with Gasteiger partial charge in [-0.2, -0.15) is 0 Å². The number of nitrogens with zero attached hydrogens (tertiary/aromatic N) is 5. The summed E-state index contributed by atoms with van der Waals surface area (Å²) in [6.07, 6.45) is 3.79. The van der Waals surface area contributed by atoms with E-state index in [1.54, 1.807) is 18.4 Å². The van der Waals surface area contributed by atoms with Gasteiger partial charge >= 0.3 is 5.69 Å². The minimum atomic E-state index is -0.457. The largest absolute Gasteiger partial charge is 0.353 e. The van der Waals surface area contributed by atoms with E-state index >= 15 is 0 Å². The van der Waals surface area contributed by atoms with Crippen LogP contribution in [0.5, 0.6) is 0 Å². The fourth-order valence-electron chi connectivity index (χ4n) is 3.88. The Hall–Kier alpha value is -2.72. The summed E-state index contributed by atoms with van der Waals surface area (Å²) >= 11 is 1.70. The molecule has 1 aliphatic rings. The van der Waals surface area contributed by atoms with E-state index in [2.05, 4.69) is 26.6 Å². The van der Waals surface area contributed by atoms with Crippen molar-refractivity contribution in [2.24, 2.45) is 14.1 Å². The number of nitrogens with one attached hydrogen (secondary N) is 1. The van der Waals surface area contributed by atoms with Crippen molar-refractivity contribution in [2.75, 3.05) is 19.6 Å². The minimum Gasteiger partial charge on any atom is -0.353 e. The zero-order chi connectivity index (χ0) is 20.5. The normalized spacial score (nSPS) is 15.8. The van der Waals surface area contributed by atoms with Crippen LogP contribution >= 0.6 is 11.3 Å². The minimum absolute atomic E-state index is 0.0267. The molecular formula is C19H24N6O3S.